The normalized spacial score (nSPS) is 16.8. The maximum Gasteiger partial charge on any atom is 0.337 e. The van der Waals surface area contributed by atoms with Gasteiger partial charge in [-0.25, -0.2) is 9.59 Å². The van der Waals surface area contributed by atoms with E-state index in [9.17, 15) is 14.4 Å². The average Bonchev–Trinajstić information content (AvgIpc) is 2.61. The van der Waals surface area contributed by atoms with Crippen LogP contribution in [0.4, 0.5) is 4.79 Å². The molecule has 2 N–H and O–H groups in total. The average molecular weight is 345 g/mol. The SMILES string of the molecule is CCN(CC)C(=O)C1=C(C)NC(=O)N[C@H]1c1ccc(C(=O)OC)cc1. The number of carbonyl (C=O) groups is 3. The van der Waals surface area contributed by atoms with Crippen LogP contribution in [0.15, 0.2) is 35.5 Å². The summed E-state index contributed by atoms with van der Waals surface area (Å²) in [5.74, 6) is -0.566. The topological polar surface area (TPSA) is 87.7 Å². The molecule has 0 unspecified atom stereocenters. The smallest absolute Gasteiger partial charge is 0.337 e. The molecule has 0 aromatic heterocycles. The molecule has 134 valence electrons. The van der Waals surface area contributed by atoms with Crippen LogP contribution in [0.25, 0.3) is 0 Å². The van der Waals surface area contributed by atoms with Gasteiger partial charge in [0.1, 0.15) is 0 Å². The van der Waals surface area contributed by atoms with E-state index in [2.05, 4.69) is 15.4 Å². The third-order valence-electron chi connectivity index (χ3n) is 4.22. The minimum Gasteiger partial charge on any atom is -0.465 e. The minimum absolute atomic E-state index is 0.128. The van der Waals surface area contributed by atoms with Crippen molar-refractivity contribution >= 4 is 17.9 Å². The summed E-state index contributed by atoms with van der Waals surface area (Å²) in [6.07, 6.45) is 0. The minimum atomic E-state index is -0.575. The molecule has 0 spiro atoms. The van der Waals surface area contributed by atoms with E-state index in [4.69, 9.17) is 0 Å². The van der Waals surface area contributed by atoms with Crippen molar-refractivity contribution in [3.05, 3.63) is 46.7 Å². The second-order valence-corrected chi connectivity index (χ2v) is 5.66. The summed E-state index contributed by atoms with van der Waals surface area (Å²) in [6.45, 7) is 6.69. The Kier molecular flexibility index (Phi) is 5.80. The van der Waals surface area contributed by atoms with Crippen LogP contribution in [0, 0.1) is 0 Å². The number of nitrogens with zero attached hydrogens (tertiary/aromatic N) is 1. The highest BCUT2D eigenvalue weighted by atomic mass is 16.5. The molecule has 1 aliphatic rings. The summed E-state index contributed by atoms with van der Waals surface area (Å²) < 4.78 is 4.69. The van der Waals surface area contributed by atoms with Crippen LogP contribution in [0.2, 0.25) is 0 Å². The summed E-state index contributed by atoms with van der Waals surface area (Å²) in [6, 6.07) is 5.72. The second kappa shape index (κ2) is 7.83. The molecule has 1 atom stereocenters. The lowest BCUT2D eigenvalue weighted by Gasteiger charge is -2.31. The fourth-order valence-electron chi connectivity index (χ4n) is 2.84. The van der Waals surface area contributed by atoms with E-state index in [1.807, 2.05) is 13.8 Å². The zero-order valence-corrected chi connectivity index (χ0v) is 14.9. The van der Waals surface area contributed by atoms with Gasteiger partial charge in [0, 0.05) is 18.8 Å². The largest absolute Gasteiger partial charge is 0.465 e. The van der Waals surface area contributed by atoms with Gasteiger partial charge >= 0.3 is 12.0 Å². The van der Waals surface area contributed by atoms with Crippen LogP contribution in [0.5, 0.6) is 0 Å². The molecule has 1 aliphatic heterocycles. The number of allylic oxidation sites excluding steroid dienone is 1. The molecular formula is C18H23N3O4. The van der Waals surface area contributed by atoms with Crippen LogP contribution in [0.3, 0.4) is 0 Å². The number of methoxy groups -OCH3 is 1. The van der Waals surface area contributed by atoms with E-state index < -0.39 is 12.0 Å². The molecule has 7 nitrogen and oxygen atoms in total. The molecule has 1 heterocycles. The van der Waals surface area contributed by atoms with Crippen molar-refractivity contribution in [2.24, 2.45) is 0 Å². The molecule has 0 bridgehead atoms. The molecule has 0 radical (unpaired) electrons. The van der Waals surface area contributed by atoms with Crippen LogP contribution >= 0.6 is 0 Å². The van der Waals surface area contributed by atoms with E-state index in [0.29, 0.717) is 29.9 Å². The third-order valence-corrected chi connectivity index (χ3v) is 4.22. The van der Waals surface area contributed by atoms with Gasteiger partial charge in [0.05, 0.1) is 24.3 Å². The predicted molar refractivity (Wildman–Crippen MR) is 92.8 cm³/mol. The Morgan fingerprint density at radius 1 is 1.16 bits per heavy atom. The molecule has 25 heavy (non-hydrogen) atoms. The second-order valence-electron chi connectivity index (χ2n) is 5.66. The Hall–Kier alpha value is -2.83. The Morgan fingerprint density at radius 2 is 1.76 bits per heavy atom. The van der Waals surface area contributed by atoms with Crippen LogP contribution < -0.4 is 10.6 Å². The number of rotatable bonds is 5. The van der Waals surface area contributed by atoms with E-state index in [1.165, 1.54) is 7.11 Å². The summed E-state index contributed by atoms with van der Waals surface area (Å²) >= 11 is 0. The molecule has 7 heteroatoms. The molecule has 2 rings (SSSR count). The van der Waals surface area contributed by atoms with Crippen molar-refractivity contribution < 1.29 is 19.1 Å². The van der Waals surface area contributed by atoms with Crippen molar-refractivity contribution in [2.45, 2.75) is 26.8 Å². The molecule has 0 saturated heterocycles. The van der Waals surface area contributed by atoms with Gasteiger partial charge in [-0.05, 0) is 38.5 Å². The molecule has 0 aliphatic carbocycles. The van der Waals surface area contributed by atoms with Gasteiger partial charge in [0.15, 0.2) is 0 Å². The number of benzene rings is 1. The molecule has 1 aromatic carbocycles. The zero-order chi connectivity index (χ0) is 18.6. The van der Waals surface area contributed by atoms with Crippen molar-refractivity contribution in [3.8, 4) is 0 Å². The fraction of sp³-hybridized carbons (Fsp3) is 0.389. The number of nitrogens with one attached hydrogen (secondary N) is 2. The van der Waals surface area contributed by atoms with E-state index in [0.717, 1.165) is 5.56 Å². The molecule has 1 aromatic rings. The number of hydrogen-bond acceptors (Lipinski definition) is 4. The molecular weight excluding hydrogens is 322 g/mol. The number of likely N-dealkylation sites (N-methyl/N-ethyl adjacent to an activating group) is 1. The van der Waals surface area contributed by atoms with Crippen molar-refractivity contribution in [1.29, 1.82) is 0 Å². The lowest BCUT2D eigenvalue weighted by Crippen LogP contribution is -2.47. The quantitative estimate of drug-likeness (QED) is 0.799. The first kappa shape index (κ1) is 18.5. The number of esters is 1. The first-order chi connectivity index (χ1) is 11.9. The van der Waals surface area contributed by atoms with E-state index >= 15 is 0 Å². The van der Waals surface area contributed by atoms with Gasteiger partial charge in [-0.2, -0.15) is 0 Å². The van der Waals surface area contributed by atoms with Gasteiger partial charge < -0.3 is 20.3 Å². The van der Waals surface area contributed by atoms with Crippen molar-refractivity contribution in [2.75, 3.05) is 20.2 Å². The highest BCUT2D eigenvalue weighted by molar-refractivity contribution is 5.98. The van der Waals surface area contributed by atoms with Gasteiger partial charge in [-0.3, -0.25) is 4.79 Å². The van der Waals surface area contributed by atoms with Crippen molar-refractivity contribution in [1.82, 2.24) is 15.5 Å². The molecule has 0 saturated carbocycles. The third kappa shape index (κ3) is 3.81. The lowest BCUT2D eigenvalue weighted by atomic mass is 9.93. The number of carbonyl (C=O) groups excluding carboxylic acids is 3. The maximum absolute atomic E-state index is 12.9. The highest BCUT2D eigenvalue weighted by Crippen LogP contribution is 2.28. The summed E-state index contributed by atoms with van der Waals surface area (Å²) in [4.78, 5) is 38.1. The Labute approximate surface area is 147 Å². The van der Waals surface area contributed by atoms with Gasteiger partial charge in [-0.15, -0.1) is 0 Å². The fourth-order valence-corrected chi connectivity index (χ4v) is 2.84. The summed E-state index contributed by atoms with van der Waals surface area (Å²) in [5, 5.41) is 5.45. The highest BCUT2D eigenvalue weighted by Gasteiger charge is 2.32. The number of amides is 3. The summed E-state index contributed by atoms with van der Waals surface area (Å²) in [7, 11) is 1.32. The first-order valence-electron chi connectivity index (χ1n) is 8.18. The predicted octanol–water partition coefficient (Wildman–Crippen LogP) is 1.97. The lowest BCUT2D eigenvalue weighted by molar-refractivity contribution is -0.127. The van der Waals surface area contributed by atoms with E-state index in [1.54, 1.807) is 36.1 Å². The van der Waals surface area contributed by atoms with E-state index in [-0.39, 0.29) is 11.9 Å². The zero-order valence-electron chi connectivity index (χ0n) is 14.9. The first-order valence-corrected chi connectivity index (χ1v) is 8.18. The number of ether oxygens (including phenoxy) is 1. The van der Waals surface area contributed by atoms with Crippen molar-refractivity contribution in [3.63, 3.8) is 0 Å². The Bertz CT molecular complexity index is 706. The number of urea groups is 1. The maximum atomic E-state index is 12.9. The van der Waals surface area contributed by atoms with Crippen LogP contribution in [-0.2, 0) is 9.53 Å². The van der Waals surface area contributed by atoms with Crippen LogP contribution in [0.1, 0.15) is 42.7 Å². The molecule has 0 fully saturated rings. The Morgan fingerprint density at radius 3 is 2.28 bits per heavy atom. The monoisotopic (exact) mass is 345 g/mol. The van der Waals surface area contributed by atoms with Gasteiger partial charge in [0.25, 0.3) is 5.91 Å². The van der Waals surface area contributed by atoms with Gasteiger partial charge in [0.2, 0.25) is 0 Å². The number of hydrogen-bond donors (Lipinski definition) is 2. The van der Waals surface area contributed by atoms with Gasteiger partial charge in [-0.1, -0.05) is 12.1 Å². The summed E-state index contributed by atoms with van der Waals surface area (Å²) in [5.41, 5.74) is 2.15. The standard InChI is InChI=1S/C18H23N3O4/c1-5-21(6-2)16(22)14-11(3)19-18(24)20-15(14)12-7-9-13(10-8-12)17(23)25-4/h7-10,15H,5-6H2,1-4H3,(H2,19,20,24)/t15-/m0/s1. The molecule has 3 amide bonds. The van der Waals surface area contributed by atoms with Crippen LogP contribution in [-0.4, -0.2) is 43.0 Å². The Balaban J connectivity index is 2.42.